The Morgan fingerprint density at radius 1 is 0.947 bits per heavy atom. The lowest BCUT2D eigenvalue weighted by atomic mass is 10.1. The second kappa shape index (κ2) is 8.61. The summed E-state index contributed by atoms with van der Waals surface area (Å²) in [6.45, 7) is 0.637. The lowest BCUT2D eigenvalue weighted by molar-refractivity contribution is 0.221. The van der Waals surface area contributed by atoms with E-state index in [1.165, 1.54) is 0 Å². The minimum atomic E-state index is 0.0826. The summed E-state index contributed by atoms with van der Waals surface area (Å²) in [5.74, 6) is 1.75. The van der Waals surface area contributed by atoms with E-state index in [0.29, 0.717) is 36.7 Å². The number of aliphatic hydroxyl groups is 2. The summed E-state index contributed by atoms with van der Waals surface area (Å²) in [4.78, 5) is 0. The van der Waals surface area contributed by atoms with Crippen LogP contribution in [0.2, 0.25) is 0 Å². The molecule has 0 amide bonds. The molecule has 0 aliphatic carbocycles. The van der Waals surface area contributed by atoms with Crippen LogP contribution in [0.4, 0.5) is 0 Å². The zero-order chi connectivity index (χ0) is 14.1. The quantitative estimate of drug-likeness (QED) is 0.664. The summed E-state index contributed by atoms with van der Waals surface area (Å²) in [5, 5.41) is 17.6. The van der Waals surface area contributed by atoms with Crippen molar-refractivity contribution in [3.63, 3.8) is 0 Å². The van der Waals surface area contributed by atoms with Gasteiger partial charge in [-0.1, -0.05) is 0 Å². The summed E-state index contributed by atoms with van der Waals surface area (Å²) < 4.78 is 16.2. The molecule has 0 spiro atoms. The maximum Gasteiger partial charge on any atom is 0.203 e. The van der Waals surface area contributed by atoms with Crippen LogP contribution in [0, 0.1) is 0 Å². The van der Waals surface area contributed by atoms with Crippen LogP contribution in [0.3, 0.4) is 0 Å². The van der Waals surface area contributed by atoms with E-state index >= 15 is 0 Å². The van der Waals surface area contributed by atoms with Gasteiger partial charge < -0.3 is 24.4 Å². The second-order valence-electron chi connectivity index (χ2n) is 4.08. The van der Waals surface area contributed by atoms with Gasteiger partial charge in [-0.2, -0.15) is 0 Å². The first-order valence-corrected chi connectivity index (χ1v) is 6.36. The normalized spacial score (nSPS) is 10.3. The van der Waals surface area contributed by atoms with E-state index in [1.54, 1.807) is 14.2 Å². The van der Waals surface area contributed by atoms with Gasteiger partial charge in [0.05, 0.1) is 20.8 Å². The molecule has 0 aliphatic heterocycles. The molecule has 0 aliphatic rings. The van der Waals surface area contributed by atoms with Crippen molar-refractivity contribution in [2.24, 2.45) is 0 Å². The van der Waals surface area contributed by atoms with E-state index in [1.807, 2.05) is 12.1 Å². The highest BCUT2D eigenvalue weighted by Gasteiger charge is 2.14. The van der Waals surface area contributed by atoms with Crippen molar-refractivity contribution in [1.29, 1.82) is 0 Å². The Bertz CT molecular complexity index is 353. The molecule has 0 aromatic heterocycles. The second-order valence-corrected chi connectivity index (χ2v) is 4.08. The molecule has 0 unspecified atom stereocenters. The Labute approximate surface area is 113 Å². The first-order chi connectivity index (χ1) is 9.26. The fraction of sp³-hybridized carbons (Fsp3) is 0.571. The molecule has 0 fully saturated rings. The molecule has 5 heteroatoms. The SMILES string of the molecule is COc1cc(CCCO)cc(OC)c1OCCCO. The van der Waals surface area contributed by atoms with E-state index in [4.69, 9.17) is 24.4 Å². The summed E-state index contributed by atoms with van der Waals surface area (Å²) in [6, 6.07) is 3.76. The molecule has 0 heterocycles. The van der Waals surface area contributed by atoms with Crippen molar-refractivity contribution in [1.82, 2.24) is 0 Å². The summed E-state index contributed by atoms with van der Waals surface area (Å²) in [7, 11) is 3.15. The van der Waals surface area contributed by atoms with Gasteiger partial charge in [0.2, 0.25) is 5.75 Å². The van der Waals surface area contributed by atoms with Crippen LogP contribution in [0.5, 0.6) is 17.2 Å². The van der Waals surface area contributed by atoms with Crippen molar-refractivity contribution < 1.29 is 24.4 Å². The minimum Gasteiger partial charge on any atom is -0.493 e. The summed E-state index contributed by atoms with van der Waals surface area (Å²) in [5.41, 5.74) is 1.03. The third-order valence-corrected chi connectivity index (χ3v) is 2.69. The van der Waals surface area contributed by atoms with E-state index in [2.05, 4.69) is 0 Å². The van der Waals surface area contributed by atoms with E-state index in [9.17, 15) is 0 Å². The highest BCUT2D eigenvalue weighted by Crippen LogP contribution is 2.38. The molecule has 0 saturated carbocycles. The molecule has 2 N–H and O–H groups in total. The molecular weight excluding hydrogens is 248 g/mol. The molecule has 108 valence electrons. The van der Waals surface area contributed by atoms with Gasteiger partial charge in [-0.15, -0.1) is 0 Å². The standard InChI is InChI=1S/C14H22O5/c1-17-12-9-11(5-3-6-15)10-13(18-2)14(12)19-8-4-7-16/h9-10,15-16H,3-8H2,1-2H3. The Morgan fingerprint density at radius 3 is 2.00 bits per heavy atom. The van der Waals surface area contributed by atoms with Gasteiger partial charge in [0.25, 0.3) is 0 Å². The maximum absolute atomic E-state index is 8.87. The van der Waals surface area contributed by atoms with Gasteiger partial charge in [0, 0.05) is 19.6 Å². The molecular formula is C14H22O5. The predicted octanol–water partition coefficient (Wildman–Crippen LogP) is 1.39. The van der Waals surface area contributed by atoms with Crippen molar-refractivity contribution in [3.05, 3.63) is 17.7 Å². The number of aryl methyl sites for hydroxylation is 1. The third-order valence-electron chi connectivity index (χ3n) is 2.69. The Hall–Kier alpha value is -1.46. The first kappa shape index (κ1) is 15.6. The zero-order valence-electron chi connectivity index (χ0n) is 11.5. The van der Waals surface area contributed by atoms with Crippen molar-refractivity contribution in [3.8, 4) is 17.2 Å². The average molecular weight is 270 g/mol. The largest absolute Gasteiger partial charge is 0.493 e. The van der Waals surface area contributed by atoms with E-state index in [-0.39, 0.29) is 13.2 Å². The highest BCUT2D eigenvalue weighted by molar-refractivity contribution is 5.53. The molecule has 0 bridgehead atoms. The molecule has 1 aromatic rings. The number of ether oxygens (including phenoxy) is 3. The van der Waals surface area contributed by atoms with Crippen molar-refractivity contribution in [2.45, 2.75) is 19.3 Å². The summed E-state index contributed by atoms with van der Waals surface area (Å²) >= 11 is 0. The van der Waals surface area contributed by atoms with Gasteiger partial charge in [-0.3, -0.25) is 0 Å². The third kappa shape index (κ3) is 4.61. The molecule has 0 saturated heterocycles. The lowest BCUT2D eigenvalue weighted by Gasteiger charge is -2.16. The van der Waals surface area contributed by atoms with Crippen LogP contribution in [0.25, 0.3) is 0 Å². The number of hydrogen-bond acceptors (Lipinski definition) is 5. The molecule has 0 radical (unpaired) electrons. The Balaban J connectivity index is 2.93. The van der Waals surface area contributed by atoms with Crippen LogP contribution in [-0.4, -0.2) is 44.3 Å². The Morgan fingerprint density at radius 2 is 1.53 bits per heavy atom. The fourth-order valence-electron chi connectivity index (χ4n) is 1.74. The summed E-state index contributed by atoms with van der Waals surface area (Å²) in [6.07, 6.45) is 2.00. The molecule has 5 nitrogen and oxygen atoms in total. The van der Waals surface area contributed by atoms with E-state index in [0.717, 1.165) is 12.0 Å². The smallest absolute Gasteiger partial charge is 0.203 e. The molecule has 0 atom stereocenters. The molecule has 1 aromatic carbocycles. The monoisotopic (exact) mass is 270 g/mol. The number of rotatable bonds is 9. The number of aliphatic hydroxyl groups excluding tert-OH is 2. The first-order valence-electron chi connectivity index (χ1n) is 6.36. The van der Waals surface area contributed by atoms with Crippen LogP contribution < -0.4 is 14.2 Å². The van der Waals surface area contributed by atoms with Crippen LogP contribution in [-0.2, 0) is 6.42 Å². The van der Waals surface area contributed by atoms with Gasteiger partial charge >= 0.3 is 0 Å². The minimum absolute atomic E-state index is 0.0826. The van der Waals surface area contributed by atoms with Gasteiger partial charge in [0.1, 0.15) is 0 Å². The van der Waals surface area contributed by atoms with Crippen LogP contribution in [0.15, 0.2) is 12.1 Å². The van der Waals surface area contributed by atoms with Gasteiger partial charge in [-0.25, -0.2) is 0 Å². The number of methoxy groups -OCH3 is 2. The number of benzene rings is 1. The van der Waals surface area contributed by atoms with Crippen LogP contribution >= 0.6 is 0 Å². The lowest BCUT2D eigenvalue weighted by Crippen LogP contribution is -2.04. The highest BCUT2D eigenvalue weighted by atomic mass is 16.5. The van der Waals surface area contributed by atoms with Crippen molar-refractivity contribution in [2.75, 3.05) is 34.0 Å². The predicted molar refractivity (Wildman–Crippen MR) is 72.2 cm³/mol. The zero-order valence-corrected chi connectivity index (χ0v) is 11.5. The van der Waals surface area contributed by atoms with Gasteiger partial charge in [0.15, 0.2) is 11.5 Å². The molecule has 19 heavy (non-hydrogen) atoms. The topological polar surface area (TPSA) is 68.2 Å². The van der Waals surface area contributed by atoms with Crippen molar-refractivity contribution >= 4 is 0 Å². The molecule has 1 rings (SSSR count). The number of hydrogen-bond donors (Lipinski definition) is 2. The van der Waals surface area contributed by atoms with Gasteiger partial charge in [-0.05, 0) is 30.5 Å². The average Bonchev–Trinajstić information content (AvgIpc) is 2.45. The maximum atomic E-state index is 8.87. The van der Waals surface area contributed by atoms with E-state index < -0.39 is 0 Å². The van der Waals surface area contributed by atoms with Crippen LogP contribution in [0.1, 0.15) is 18.4 Å². The Kier molecular flexibility index (Phi) is 7.07. The fourth-order valence-corrected chi connectivity index (χ4v) is 1.74.